The Morgan fingerprint density at radius 3 is 2.64 bits per heavy atom. The first-order chi connectivity index (χ1) is 12.0. The maximum atomic E-state index is 13.3. The van der Waals surface area contributed by atoms with Crippen molar-refractivity contribution in [3.63, 3.8) is 0 Å². The van der Waals surface area contributed by atoms with E-state index in [-0.39, 0.29) is 24.1 Å². The van der Waals surface area contributed by atoms with Gasteiger partial charge in [0, 0.05) is 33.2 Å². The quantitative estimate of drug-likeness (QED) is 0.847. The van der Waals surface area contributed by atoms with Crippen molar-refractivity contribution in [1.29, 1.82) is 0 Å². The van der Waals surface area contributed by atoms with Crippen LogP contribution >= 0.6 is 0 Å². The van der Waals surface area contributed by atoms with Crippen LogP contribution in [0.5, 0.6) is 0 Å². The minimum atomic E-state index is -0.339. The number of halogens is 1. The van der Waals surface area contributed by atoms with E-state index in [2.05, 4.69) is 4.98 Å². The molecule has 1 aromatic carbocycles. The molecule has 1 saturated heterocycles. The van der Waals surface area contributed by atoms with Gasteiger partial charge in [0.25, 0.3) is 5.91 Å². The third kappa shape index (κ3) is 4.04. The summed E-state index contributed by atoms with van der Waals surface area (Å²) in [6, 6.07) is 6.10. The molecule has 7 heteroatoms. The highest BCUT2D eigenvalue weighted by Gasteiger charge is 2.24. The van der Waals surface area contributed by atoms with Crippen LogP contribution in [0, 0.1) is 5.82 Å². The van der Waals surface area contributed by atoms with Crippen LogP contribution in [0.1, 0.15) is 22.5 Å². The molecule has 0 aliphatic carbocycles. The minimum absolute atomic E-state index is 0.0413. The van der Waals surface area contributed by atoms with Crippen LogP contribution in [0.3, 0.4) is 0 Å². The van der Waals surface area contributed by atoms with E-state index >= 15 is 0 Å². The summed E-state index contributed by atoms with van der Waals surface area (Å²) in [4.78, 5) is 32.5. The van der Waals surface area contributed by atoms with Gasteiger partial charge in [0.2, 0.25) is 5.91 Å². The zero-order valence-electron chi connectivity index (χ0n) is 14.2. The fraction of sp³-hybridized carbons (Fsp3) is 0.389. The molecule has 0 saturated carbocycles. The summed E-state index contributed by atoms with van der Waals surface area (Å²) < 4.78 is 15.0. The molecule has 6 nitrogen and oxygen atoms in total. The smallest absolute Gasteiger partial charge is 0.272 e. The number of carbonyl (C=O) groups excluding carboxylic acids is 2. The van der Waals surface area contributed by atoms with Crippen LogP contribution in [0.2, 0.25) is 0 Å². The van der Waals surface area contributed by atoms with Gasteiger partial charge >= 0.3 is 0 Å². The largest absolute Gasteiger partial charge is 0.341 e. The van der Waals surface area contributed by atoms with Crippen molar-refractivity contribution < 1.29 is 14.0 Å². The molecule has 0 radical (unpaired) electrons. The number of amides is 2. The normalized spacial score (nSPS) is 15.1. The highest BCUT2D eigenvalue weighted by atomic mass is 19.1. The van der Waals surface area contributed by atoms with Gasteiger partial charge in [-0.25, -0.2) is 9.37 Å². The Morgan fingerprint density at radius 1 is 1.16 bits per heavy atom. The first-order valence-corrected chi connectivity index (χ1v) is 8.32. The summed E-state index contributed by atoms with van der Waals surface area (Å²) in [6.07, 6.45) is 4.05. The van der Waals surface area contributed by atoms with E-state index in [1.54, 1.807) is 46.1 Å². The van der Waals surface area contributed by atoms with Gasteiger partial charge in [0.15, 0.2) is 0 Å². The molecule has 0 spiro atoms. The van der Waals surface area contributed by atoms with Crippen molar-refractivity contribution in [3.8, 4) is 0 Å². The molecule has 3 rings (SSSR count). The minimum Gasteiger partial charge on any atom is -0.341 e. The van der Waals surface area contributed by atoms with Crippen molar-refractivity contribution >= 4 is 11.8 Å². The topological polar surface area (TPSA) is 58.4 Å². The lowest BCUT2D eigenvalue weighted by atomic mass is 10.1. The van der Waals surface area contributed by atoms with E-state index in [4.69, 9.17) is 0 Å². The zero-order valence-corrected chi connectivity index (χ0v) is 14.2. The van der Waals surface area contributed by atoms with Gasteiger partial charge in [-0.05, 0) is 24.1 Å². The van der Waals surface area contributed by atoms with Crippen LogP contribution in [0.4, 0.5) is 4.39 Å². The van der Waals surface area contributed by atoms with Crippen LogP contribution < -0.4 is 0 Å². The van der Waals surface area contributed by atoms with Crippen molar-refractivity contribution in [2.75, 3.05) is 26.2 Å². The molecule has 2 aromatic rings. The second-order valence-corrected chi connectivity index (χ2v) is 6.22. The molecule has 1 aliphatic heterocycles. The van der Waals surface area contributed by atoms with Crippen molar-refractivity contribution in [2.45, 2.75) is 12.8 Å². The third-order valence-electron chi connectivity index (χ3n) is 4.42. The van der Waals surface area contributed by atoms with Crippen LogP contribution in [0.25, 0.3) is 0 Å². The number of carbonyl (C=O) groups is 2. The Kier molecular flexibility index (Phi) is 5.11. The fourth-order valence-electron chi connectivity index (χ4n) is 3.03. The summed E-state index contributed by atoms with van der Waals surface area (Å²) in [6.45, 7) is 2.17. The van der Waals surface area contributed by atoms with Gasteiger partial charge < -0.3 is 14.4 Å². The molecular weight excluding hydrogens is 323 g/mol. The molecule has 0 atom stereocenters. The molecule has 132 valence electrons. The first-order valence-electron chi connectivity index (χ1n) is 8.32. The van der Waals surface area contributed by atoms with Gasteiger partial charge in [-0.3, -0.25) is 9.59 Å². The lowest BCUT2D eigenvalue weighted by Gasteiger charge is -2.22. The molecule has 1 fully saturated rings. The first kappa shape index (κ1) is 17.1. The van der Waals surface area contributed by atoms with Crippen molar-refractivity contribution in [3.05, 3.63) is 53.9 Å². The molecule has 1 aromatic heterocycles. The van der Waals surface area contributed by atoms with Gasteiger partial charge in [-0.2, -0.15) is 0 Å². The lowest BCUT2D eigenvalue weighted by Crippen LogP contribution is -2.38. The summed E-state index contributed by atoms with van der Waals surface area (Å²) in [5.41, 5.74) is 1.21. The van der Waals surface area contributed by atoms with Crippen LogP contribution in [-0.2, 0) is 18.3 Å². The molecule has 25 heavy (non-hydrogen) atoms. The molecule has 0 N–H and O–H groups in total. The van der Waals surface area contributed by atoms with E-state index in [0.717, 1.165) is 6.42 Å². The number of rotatable bonds is 3. The zero-order chi connectivity index (χ0) is 17.8. The van der Waals surface area contributed by atoms with E-state index in [1.165, 1.54) is 12.1 Å². The predicted octanol–water partition coefficient (Wildman–Crippen LogP) is 1.48. The highest BCUT2D eigenvalue weighted by Crippen LogP contribution is 2.11. The summed E-state index contributed by atoms with van der Waals surface area (Å²) in [5, 5.41) is 0. The fourth-order valence-corrected chi connectivity index (χ4v) is 3.03. The maximum absolute atomic E-state index is 13.3. The number of aromatic nitrogens is 2. The van der Waals surface area contributed by atoms with Crippen molar-refractivity contribution in [2.24, 2.45) is 7.05 Å². The van der Waals surface area contributed by atoms with E-state index in [1.807, 2.05) is 0 Å². The van der Waals surface area contributed by atoms with Crippen molar-refractivity contribution in [1.82, 2.24) is 19.4 Å². The molecule has 1 aliphatic rings. The number of hydrogen-bond acceptors (Lipinski definition) is 3. The number of benzene rings is 1. The van der Waals surface area contributed by atoms with E-state index in [9.17, 15) is 14.0 Å². The lowest BCUT2D eigenvalue weighted by molar-refractivity contribution is -0.130. The third-order valence-corrected chi connectivity index (χ3v) is 4.42. The standard InChI is InChI=1S/C18H21FN4O2/c1-21-13-20-12-16(21)18(25)23-7-3-6-22(8-9-23)17(24)11-14-4-2-5-15(19)10-14/h2,4-5,10,12-13H,3,6-9,11H2,1H3. The molecule has 0 unspecified atom stereocenters. The number of nitrogens with zero attached hydrogens (tertiary/aromatic N) is 4. The van der Waals surface area contributed by atoms with E-state index in [0.29, 0.717) is 37.4 Å². The second-order valence-electron chi connectivity index (χ2n) is 6.22. The maximum Gasteiger partial charge on any atom is 0.272 e. The Morgan fingerprint density at radius 2 is 1.92 bits per heavy atom. The monoisotopic (exact) mass is 344 g/mol. The van der Waals surface area contributed by atoms with Gasteiger partial charge in [0.1, 0.15) is 11.5 Å². The average molecular weight is 344 g/mol. The molecule has 2 heterocycles. The summed E-state index contributed by atoms with van der Waals surface area (Å²) in [5.74, 6) is -0.450. The van der Waals surface area contributed by atoms with Gasteiger partial charge in [0.05, 0.1) is 18.9 Å². The Bertz CT molecular complexity index is 774. The Balaban J connectivity index is 1.60. The number of imidazole rings is 1. The van der Waals surface area contributed by atoms with Crippen LogP contribution in [0.15, 0.2) is 36.8 Å². The SMILES string of the molecule is Cn1cncc1C(=O)N1CCCN(C(=O)Cc2cccc(F)c2)CC1. The van der Waals surface area contributed by atoms with Gasteiger partial charge in [-0.1, -0.05) is 12.1 Å². The molecule has 0 bridgehead atoms. The average Bonchev–Trinajstić information content (AvgIpc) is 2.86. The number of aryl methyl sites for hydroxylation is 1. The molecule has 2 amide bonds. The number of hydrogen-bond donors (Lipinski definition) is 0. The summed E-state index contributed by atoms with van der Waals surface area (Å²) in [7, 11) is 1.78. The van der Waals surface area contributed by atoms with E-state index < -0.39 is 0 Å². The summed E-state index contributed by atoms with van der Waals surface area (Å²) >= 11 is 0. The molecular formula is C18H21FN4O2. The van der Waals surface area contributed by atoms with Gasteiger partial charge in [-0.15, -0.1) is 0 Å². The van der Waals surface area contributed by atoms with Crippen LogP contribution in [-0.4, -0.2) is 57.3 Å². The Labute approximate surface area is 145 Å². The highest BCUT2D eigenvalue weighted by molar-refractivity contribution is 5.92. The Hall–Kier alpha value is -2.70. The second kappa shape index (κ2) is 7.46. The predicted molar refractivity (Wildman–Crippen MR) is 90.4 cm³/mol.